The van der Waals surface area contributed by atoms with Crippen molar-refractivity contribution in [2.45, 2.75) is 6.42 Å². The summed E-state index contributed by atoms with van der Waals surface area (Å²) in [4.78, 5) is 111. The molecule has 2 saturated heterocycles. The third-order valence-corrected chi connectivity index (χ3v) is 12.5. The maximum atomic E-state index is 13.3. The zero-order chi connectivity index (χ0) is 54.9. The van der Waals surface area contributed by atoms with E-state index in [-0.39, 0.29) is 149 Å². The first-order valence-corrected chi connectivity index (χ1v) is 25.0. The Kier molecular flexibility index (Phi) is 26.3. The first-order valence-electron chi connectivity index (χ1n) is 24.2. The number of hydrogen-bond donors (Lipinski definition) is 10. The Morgan fingerprint density at radius 3 is 0.640 bits per heavy atom. The summed E-state index contributed by atoms with van der Waals surface area (Å²) in [7, 11) is 0. The molecule has 0 aromatic heterocycles. The Hall–Kier alpha value is -6.34. The summed E-state index contributed by atoms with van der Waals surface area (Å²) >= 11 is 11.1. The van der Waals surface area contributed by atoms with Gasteiger partial charge in [0, 0.05) is 134 Å². The largest absolute Gasteiger partial charge is 0.480 e. The van der Waals surface area contributed by atoms with Gasteiger partial charge in [-0.3, -0.25) is 77.6 Å². The molecular weight excluding hydrogens is 1020 g/mol. The Labute approximate surface area is 444 Å². The van der Waals surface area contributed by atoms with Crippen molar-refractivity contribution in [1.82, 2.24) is 39.2 Å². The van der Waals surface area contributed by atoms with E-state index in [1.165, 1.54) is 0 Å². The average Bonchev–Trinajstić information content (AvgIpc) is 3.30. The van der Waals surface area contributed by atoms with Crippen LogP contribution < -0.4 is 21.3 Å². The fourth-order valence-corrected chi connectivity index (χ4v) is 8.82. The molecule has 4 rings (SSSR count). The van der Waals surface area contributed by atoms with Crippen LogP contribution in [0.15, 0.2) is 48.5 Å². The number of carbonyl (C=O) groups is 8. The molecule has 10 N–H and O–H groups in total. The highest BCUT2D eigenvalue weighted by atomic mass is 32.1. The number of carbonyl (C=O) groups excluding carboxylic acids is 2. The second-order valence-electron chi connectivity index (χ2n) is 18.1. The minimum atomic E-state index is -1.05. The summed E-state index contributed by atoms with van der Waals surface area (Å²) in [5.74, 6) is -6.97. The summed E-state index contributed by atoms with van der Waals surface area (Å²) in [6.07, 6.45) is 0.191. The van der Waals surface area contributed by atoms with Gasteiger partial charge in [-0.05, 0) is 48.5 Å². The van der Waals surface area contributed by atoms with Gasteiger partial charge < -0.3 is 51.9 Å². The molecule has 2 aliphatic heterocycles. The lowest BCUT2D eigenvalue weighted by Gasteiger charge is -2.32. The third-order valence-electron chi connectivity index (χ3n) is 12.0. The highest BCUT2D eigenvalue weighted by molar-refractivity contribution is 7.82. The minimum Gasteiger partial charge on any atom is -0.480 e. The third kappa shape index (κ3) is 26.1. The van der Waals surface area contributed by atoms with E-state index in [0.29, 0.717) is 58.9 Å². The standard InChI is InChI=1S/C47H68N12O14S2/c60-38(26-52-9-13-54(28-42(62)63)17-21-58(32-46(70)71)22-18-55(14-10-52)29-43(64)65)48-34-1-5-36(6-2-34)50-40(74)25-41(75)51-37-7-3-35(4-8-37)49-39(61)27-53-11-15-56(30-44(66)67)19-23-59(33-47(72)73)24-20-57(16-12-53)31-45(68)69/h1-8H,9-33H2,(H,48,60)(H,49,61)(H,50,74)(H,51,75)(H,62,63)(H,64,65)(H,66,67)(H,68,69)(H,70,71)(H,72,73). The number of nitrogens with zero attached hydrogens (tertiary/aromatic N) is 8. The normalized spacial score (nSPS) is 17.4. The van der Waals surface area contributed by atoms with Gasteiger partial charge in [-0.2, -0.15) is 0 Å². The van der Waals surface area contributed by atoms with Crippen LogP contribution in [0.25, 0.3) is 0 Å². The molecule has 2 fully saturated rings. The number of hydrogen-bond acceptors (Lipinski definition) is 18. The molecule has 0 unspecified atom stereocenters. The van der Waals surface area contributed by atoms with Crippen molar-refractivity contribution in [2.75, 3.05) is 178 Å². The van der Waals surface area contributed by atoms with Crippen molar-refractivity contribution >= 4 is 105 Å². The van der Waals surface area contributed by atoms with Gasteiger partial charge >= 0.3 is 35.8 Å². The van der Waals surface area contributed by atoms with Gasteiger partial charge in [-0.1, -0.05) is 24.4 Å². The van der Waals surface area contributed by atoms with Crippen LogP contribution in [0.5, 0.6) is 0 Å². The summed E-state index contributed by atoms with van der Waals surface area (Å²) in [6.45, 7) is 2.57. The number of benzene rings is 2. The molecule has 2 heterocycles. The number of anilines is 4. The van der Waals surface area contributed by atoms with Gasteiger partial charge in [0.2, 0.25) is 11.8 Å². The van der Waals surface area contributed by atoms with Gasteiger partial charge in [-0.15, -0.1) is 0 Å². The predicted octanol–water partition coefficient (Wildman–Crippen LogP) is -0.917. The van der Waals surface area contributed by atoms with Crippen LogP contribution in [-0.2, 0) is 38.4 Å². The molecule has 0 atom stereocenters. The first kappa shape index (κ1) is 61.2. The second kappa shape index (κ2) is 32.2. The average molecular weight is 1090 g/mol. The van der Waals surface area contributed by atoms with Gasteiger partial charge in [0.1, 0.15) is 0 Å². The molecule has 0 aliphatic carbocycles. The van der Waals surface area contributed by atoms with Crippen molar-refractivity contribution in [1.29, 1.82) is 0 Å². The monoisotopic (exact) mass is 1090 g/mol. The number of thiocarbonyl (C=S) groups is 2. The van der Waals surface area contributed by atoms with Crippen molar-refractivity contribution in [3.05, 3.63) is 48.5 Å². The second-order valence-corrected chi connectivity index (χ2v) is 19.1. The number of nitrogens with one attached hydrogen (secondary N) is 4. The lowest BCUT2D eigenvalue weighted by atomic mass is 10.2. The van der Waals surface area contributed by atoms with Crippen LogP contribution in [0.1, 0.15) is 6.42 Å². The predicted molar refractivity (Wildman–Crippen MR) is 285 cm³/mol. The number of carboxylic acid groups (broad SMARTS) is 6. The van der Waals surface area contributed by atoms with Crippen LogP contribution in [0.3, 0.4) is 0 Å². The smallest absolute Gasteiger partial charge is 0.317 e. The van der Waals surface area contributed by atoms with Crippen molar-refractivity contribution < 1.29 is 69.0 Å². The summed E-state index contributed by atoms with van der Waals surface area (Å²) < 4.78 is 0. The molecule has 28 heteroatoms. The maximum absolute atomic E-state index is 13.3. The summed E-state index contributed by atoms with van der Waals surface area (Å²) in [5.41, 5.74) is 2.26. The molecule has 0 radical (unpaired) electrons. The van der Waals surface area contributed by atoms with Crippen LogP contribution in [0, 0.1) is 0 Å². The van der Waals surface area contributed by atoms with E-state index in [9.17, 15) is 69.0 Å². The number of carboxylic acids is 6. The molecule has 75 heavy (non-hydrogen) atoms. The lowest BCUT2D eigenvalue weighted by molar-refractivity contribution is -0.140. The quantitative estimate of drug-likeness (QED) is 0.0638. The molecule has 26 nitrogen and oxygen atoms in total. The SMILES string of the molecule is O=C(O)CN1CCN(CC(=O)O)CCN(CC(=O)Nc2ccc(NC(=S)CC(=S)Nc3ccc(NC(=O)CN4CCN(CC(=O)O)CCN(CC(=O)O)CCN(CC(=O)O)CC4)cc3)cc2)CCN(CC(=O)O)CC1. The molecule has 412 valence electrons. The minimum absolute atomic E-state index is 0.0611. The highest BCUT2D eigenvalue weighted by Gasteiger charge is 2.24. The topological polar surface area (TPSA) is 332 Å². The number of amides is 2. The van der Waals surface area contributed by atoms with Crippen molar-refractivity contribution in [2.24, 2.45) is 0 Å². The Morgan fingerprint density at radius 2 is 0.467 bits per heavy atom. The number of rotatable bonds is 22. The van der Waals surface area contributed by atoms with Crippen LogP contribution >= 0.6 is 24.4 Å². The van der Waals surface area contributed by atoms with Gasteiger partial charge in [-0.25, -0.2) is 0 Å². The van der Waals surface area contributed by atoms with Crippen molar-refractivity contribution in [3.8, 4) is 0 Å². The molecule has 0 saturated carbocycles. The van der Waals surface area contributed by atoms with Crippen LogP contribution in [0.4, 0.5) is 22.7 Å². The van der Waals surface area contributed by atoms with E-state index < -0.39 is 35.8 Å². The van der Waals surface area contributed by atoms with E-state index in [4.69, 9.17) is 24.4 Å². The molecule has 2 amide bonds. The zero-order valence-corrected chi connectivity index (χ0v) is 43.3. The van der Waals surface area contributed by atoms with E-state index in [1.807, 2.05) is 9.80 Å². The Balaban J connectivity index is 1.26. The molecule has 0 bridgehead atoms. The molecule has 2 aromatic rings. The molecule has 2 aliphatic rings. The summed E-state index contributed by atoms with van der Waals surface area (Å²) in [6, 6.07) is 13.7. The van der Waals surface area contributed by atoms with E-state index in [0.717, 1.165) is 0 Å². The van der Waals surface area contributed by atoms with Gasteiger partial charge in [0.15, 0.2) is 0 Å². The maximum Gasteiger partial charge on any atom is 0.317 e. The zero-order valence-electron chi connectivity index (χ0n) is 41.6. The Bertz CT molecular complexity index is 2060. The fraction of sp³-hybridized carbons (Fsp3) is 0.532. The van der Waals surface area contributed by atoms with E-state index in [2.05, 4.69) is 21.3 Å². The molecule has 0 spiro atoms. The Morgan fingerprint density at radius 1 is 0.307 bits per heavy atom. The van der Waals surface area contributed by atoms with Gasteiger partial charge in [0.05, 0.1) is 62.3 Å². The molecular formula is C47H68N12O14S2. The summed E-state index contributed by atoms with van der Waals surface area (Å²) in [5, 5.41) is 68.8. The van der Waals surface area contributed by atoms with Gasteiger partial charge in [0.25, 0.3) is 0 Å². The van der Waals surface area contributed by atoms with E-state index >= 15 is 0 Å². The van der Waals surface area contributed by atoms with Crippen molar-refractivity contribution in [3.63, 3.8) is 0 Å². The lowest BCUT2D eigenvalue weighted by Crippen LogP contribution is -2.49. The van der Waals surface area contributed by atoms with E-state index in [1.54, 1.807) is 77.9 Å². The van der Waals surface area contributed by atoms with Crippen LogP contribution in [0.2, 0.25) is 0 Å². The molecule has 2 aromatic carbocycles. The van der Waals surface area contributed by atoms with Crippen LogP contribution in [-0.4, -0.2) is 285 Å². The number of aliphatic carboxylic acids is 6. The first-order chi connectivity index (χ1) is 35.7. The fourth-order valence-electron chi connectivity index (χ4n) is 8.21. The highest BCUT2D eigenvalue weighted by Crippen LogP contribution is 2.17.